The topological polar surface area (TPSA) is 44.8 Å². The number of carbonyl (C=O) groups is 1. The van der Waals surface area contributed by atoms with Gasteiger partial charge in [0.25, 0.3) is 5.91 Å². The number of ether oxygens (including phenoxy) is 1. The zero-order valence-electron chi connectivity index (χ0n) is 14.7. The van der Waals surface area contributed by atoms with E-state index in [-0.39, 0.29) is 12.1 Å². The molecule has 2 aromatic rings. The Kier molecular flexibility index (Phi) is 3.82. The van der Waals surface area contributed by atoms with Crippen molar-refractivity contribution in [3.8, 4) is 0 Å². The summed E-state index contributed by atoms with van der Waals surface area (Å²) in [5.41, 5.74) is 4.06. The van der Waals surface area contributed by atoms with Crippen molar-refractivity contribution in [2.45, 2.75) is 25.0 Å². The summed E-state index contributed by atoms with van der Waals surface area (Å²) in [6.45, 7) is 3.43. The van der Waals surface area contributed by atoms with Gasteiger partial charge in [-0.15, -0.1) is 0 Å². The SMILES string of the molecule is O=C1c2ccccc2N[C@@H](c2ccc(N3CCOCC3)cc2)N1C1CC1. The van der Waals surface area contributed by atoms with Crippen LogP contribution in [-0.2, 0) is 4.74 Å². The minimum absolute atomic E-state index is 0.0939. The third-order valence-electron chi connectivity index (χ3n) is 5.49. The number of nitrogens with one attached hydrogen (secondary N) is 1. The molecule has 1 N–H and O–H groups in total. The number of morpholine rings is 1. The summed E-state index contributed by atoms with van der Waals surface area (Å²) >= 11 is 0. The Morgan fingerprint density at radius 2 is 1.69 bits per heavy atom. The third-order valence-corrected chi connectivity index (χ3v) is 5.49. The molecule has 1 amide bonds. The maximum atomic E-state index is 13.1. The first kappa shape index (κ1) is 15.7. The molecule has 0 bridgehead atoms. The van der Waals surface area contributed by atoms with Crippen molar-refractivity contribution in [2.24, 2.45) is 0 Å². The standard InChI is InChI=1S/C21H23N3O2/c25-21-18-3-1-2-4-19(18)22-20(24(21)17-9-10-17)15-5-7-16(8-6-15)23-11-13-26-14-12-23/h1-8,17,20,22H,9-14H2/t20-/m1/s1. The van der Waals surface area contributed by atoms with Gasteiger partial charge in [-0.1, -0.05) is 24.3 Å². The van der Waals surface area contributed by atoms with Crippen LogP contribution in [0.2, 0.25) is 0 Å². The van der Waals surface area contributed by atoms with Crippen LogP contribution in [0.25, 0.3) is 0 Å². The van der Waals surface area contributed by atoms with Crippen molar-refractivity contribution in [2.75, 3.05) is 36.5 Å². The van der Waals surface area contributed by atoms with Crippen LogP contribution in [0.4, 0.5) is 11.4 Å². The van der Waals surface area contributed by atoms with Crippen LogP contribution in [0, 0.1) is 0 Å². The van der Waals surface area contributed by atoms with Gasteiger partial charge in [-0.2, -0.15) is 0 Å². The minimum Gasteiger partial charge on any atom is -0.378 e. The van der Waals surface area contributed by atoms with E-state index in [2.05, 4.69) is 34.5 Å². The Bertz CT molecular complexity index is 810. The molecule has 0 spiro atoms. The summed E-state index contributed by atoms with van der Waals surface area (Å²) < 4.78 is 5.44. The van der Waals surface area contributed by atoms with Crippen LogP contribution >= 0.6 is 0 Å². The average Bonchev–Trinajstić information content (AvgIpc) is 3.54. The molecule has 2 aromatic carbocycles. The third kappa shape index (κ3) is 2.72. The molecule has 1 saturated heterocycles. The number of nitrogens with zero attached hydrogens (tertiary/aromatic N) is 2. The van der Waals surface area contributed by atoms with Gasteiger partial charge in [0.15, 0.2) is 0 Å². The van der Waals surface area contributed by atoms with Gasteiger partial charge in [-0.25, -0.2) is 0 Å². The van der Waals surface area contributed by atoms with Crippen LogP contribution in [0.15, 0.2) is 48.5 Å². The minimum atomic E-state index is -0.0939. The van der Waals surface area contributed by atoms with E-state index in [1.807, 2.05) is 29.2 Å². The van der Waals surface area contributed by atoms with Gasteiger partial charge in [0.05, 0.1) is 18.8 Å². The van der Waals surface area contributed by atoms with E-state index in [9.17, 15) is 4.79 Å². The summed E-state index contributed by atoms with van der Waals surface area (Å²) in [7, 11) is 0. The Morgan fingerprint density at radius 1 is 0.962 bits per heavy atom. The van der Waals surface area contributed by atoms with E-state index in [0.29, 0.717) is 6.04 Å². The summed E-state index contributed by atoms with van der Waals surface area (Å²) in [6.07, 6.45) is 2.10. The van der Waals surface area contributed by atoms with Crippen LogP contribution in [0.1, 0.15) is 34.9 Å². The first-order valence-electron chi connectivity index (χ1n) is 9.42. The maximum absolute atomic E-state index is 13.1. The van der Waals surface area contributed by atoms with E-state index in [1.54, 1.807) is 0 Å². The largest absolute Gasteiger partial charge is 0.378 e. The van der Waals surface area contributed by atoms with Crippen molar-refractivity contribution in [1.29, 1.82) is 0 Å². The highest BCUT2D eigenvalue weighted by Gasteiger charge is 2.41. The number of para-hydroxylation sites is 1. The van der Waals surface area contributed by atoms with Gasteiger partial charge in [0.2, 0.25) is 0 Å². The molecule has 1 atom stereocenters. The lowest BCUT2D eigenvalue weighted by molar-refractivity contribution is 0.0666. The number of hydrogen-bond acceptors (Lipinski definition) is 4. The Hall–Kier alpha value is -2.53. The molecule has 2 aliphatic heterocycles. The fraction of sp³-hybridized carbons (Fsp3) is 0.381. The molecule has 0 radical (unpaired) electrons. The number of anilines is 2. The molecule has 5 heteroatoms. The molecule has 134 valence electrons. The number of benzene rings is 2. The molecule has 0 unspecified atom stereocenters. The van der Waals surface area contributed by atoms with Gasteiger partial charge < -0.3 is 19.9 Å². The van der Waals surface area contributed by atoms with Crippen LogP contribution in [0.3, 0.4) is 0 Å². The first-order chi connectivity index (χ1) is 12.8. The van der Waals surface area contributed by atoms with E-state index in [4.69, 9.17) is 4.74 Å². The van der Waals surface area contributed by atoms with Crippen molar-refractivity contribution >= 4 is 17.3 Å². The maximum Gasteiger partial charge on any atom is 0.258 e. The summed E-state index contributed by atoms with van der Waals surface area (Å²) in [4.78, 5) is 17.4. The number of fused-ring (bicyclic) bond motifs is 1. The second kappa shape index (κ2) is 6.32. The normalized spacial score (nSPS) is 22.8. The smallest absolute Gasteiger partial charge is 0.258 e. The zero-order valence-corrected chi connectivity index (χ0v) is 14.7. The highest BCUT2D eigenvalue weighted by Crippen LogP contribution is 2.40. The Morgan fingerprint density at radius 3 is 2.42 bits per heavy atom. The number of hydrogen-bond donors (Lipinski definition) is 1. The van der Waals surface area contributed by atoms with Gasteiger partial charge in [-0.05, 0) is 42.7 Å². The summed E-state index contributed by atoms with van der Waals surface area (Å²) in [5.74, 6) is 0.143. The molecule has 5 rings (SSSR count). The zero-order chi connectivity index (χ0) is 17.5. The lowest BCUT2D eigenvalue weighted by Crippen LogP contribution is -2.44. The fourth-order valence-electron chi connectivity index (χ4n) is 3.93. The number of amides is 1. The second-order valence-corrected chi connectivity index (χ2v) is 7.23. The summed E-state index contributed by atoms with van der Waals surface area (Å²) in [6, 6.07) is 16.8. The van der Waals surface area contributed by atoms with E-state index >= 15 is 0 Å². The lowest BCUT2D eigenvalue weighted by Gasteiger charge is -2.38. The van der Waals surface area contributed by atoms with Gasteiger partial charge in [0, 0.05) is 30.5 Å². The molecular formula is C21H23N3O2. The van der Waals surface area contributed by atoms with Crippen LogP contribution in [-0.4, -0.2) is 43.2 Å². The van der Waals surface area contributed by atoms with E-state index < -0.39 is 0 Å². The highest BCUT2D eigenvalue weighted by molar-refractivity contribution is 6.02. The van der Waals surface area contributed by atoms with Crippen LogP contribution < -0.4 is 10.2 Å². The Balaban J connectivity index is 1.45. The molecular weight excluding hydrogens is 326 g/mol. The van der Waals surface area contributed by atoms with Crippen molar-refractivity contribution in [1.82, 2.24) is 4.90 Å². The Labute approximate surface area is 153 Å². The van der Waals surface area contributed by atoms with Crippen molar-refractivity contribution in [3.63, 3.8) is 0 Å². The molecule has 1 saturated carbocycles. The van der Waals surface area contributed by atoms with Crippen LogP contribution in [0.5, 0.6) is 0 Å². The molecule has 0 aromatic heterocycles. The van der Waals surface area contributed by atoms with Crippen molar-refractivity contribution in [3.05, 3.63) is 59.7 Å². The monoisotopic (exact) mass is 349 g/mol. The summed E-state index contributed by atoms with van der Waals surface area (Å²) in [5, 5.41) is 3.59. The predicted octanol–water partition coefficient (Wildman–Crippen LogP) is 3.25. The molecule has 26 heavy (non-hydrogen) atoms. The second-order valence-electron chi connectivity index (χ2n) is 7.23. The number of carbonyl (C=O) groups excluding carboxylic acids is 1. The van der Waals surface area contributed by atoms with Crippen molar-refractivity contribution < 1.29 is 9.53 Å². The molecule has 2 fully saturated rings. The quantitative estimate of drug-likeness (QED) is 0.924. The molecule has 1 aliphatic carbocycles. The fourth-order valence-corrected chi connectivity index (χ4v) is 3.93. The molecule has 2 heterocycles. The van der Waals surface area contributed by atoms with E-state index in [1.165, 1.54) is 5.69 Å². The van der Waals surface area contributed by atoms with E-state index in [0.717, 1.165) is 56.0 Å². The van der Waals surface area contributed by atoms with Gasteiger partial charge in [0.1, 0.15) is 6.17 Å². The number of rotatable bonds is 3. The highest BCUT2D eigenvalue weighted by atomic mass is 16.5. The molecule has 3 aliphatic rings. The van der Waals surface area contributed by atoms with Gasteiger partial charge in [-0.3, -0.25) is 4.79 Å². The average molecular weight is 349 g/mol. The lowest BCUT2D eigenvalue weighted by atomic mass is 10.0. The molecule has 5 nitrogen and oxygen atoms in total. The van der Waals surface area contributed by atoms with Gasteiger partial charge >= 0.3 is 0 Å². The first-order valence-corrected chi connectivity index (χ1v) is 9.42. The predicted molar refractivity (Wildman–Crippen MR) is 101 cm³/mol.